The van der Waals surface area contributed by atoms with Crippen LogP contribution < -0.4 is 0 Å². The first-order valence-corrected chi connectivity index (χ1v) is 10.0. The fourth-order valence-corrected chi connectivity index (χ4v) is 3.51. The Bertz CT molecular complexity index is 896. The summed E-state index contributed by atoms with van der Waals surface area (Å²) in [5.74, 6) is 7.90. The highest BCUT2D eigenvalue weighted by Gasteiger charge is 2.32. The van der Waals surface area contributed by atoms with E-state index in [1.54, 1.807) is 4.90 Å². The molecule has 146 valence electrons. The van der Waals surface area contributed by atoms with Gasteiger partial charge in [0, 0.05) is 43.4 Å². The smallest absolute Gasteiger partial charge is 0.410 e. The number of aryl methyl sites for hydroxylation is 2. The fourth-order valence-electron chi connectivity index (χ4n) is 3.51. The van der Waals surface area contributed by atoms with E-state index in [4.69, 9.17) is 9.72 Å². The Kier molecular flexibility index (Phi) is 4.89. The molecule has 2 aliphatic rings. The van der Waals surface area contributed by atoms with Crippen LogP contribution in [0.3, 0.4) is 0 Å². The van der Waals surface area contributed by atoms with Gasteiger partial charge in [-0.15, -0.1) is 0 Å². The van der Waals surface area contributed by atoms with Gasteiger partial charge >= 0.3 is 6.09 Å². The van der Waals surface area contributed by atoms with Crippen molar-refractivity contribution in [3.05, 3.63) is 41.9 Å². The highest BCUT2D eigenvalue weighted by molar-refractivity contribution is 5.69. The molecule has 0 saturated carbocycles. The second kappa shape index (κ2) is 7.35. The molecule has 5 heteroatoms. The molecule has 0 spiro atoms. The highest BCUT2D eigenvalue weighted by atomic mass is 16.6. The zero-order valence-electron chi connectivity index (χ0n) is 16.9. The molecule has 5 nitrogen and oxygen atoms in total. The second-order valence-electron chi connectivity index (χ2n) is 8.62. The molecule has 4 rings (SSSR count). The van der Waals surface area contributed by atoms with Crippen LogP contribution in [0.15, 0.2) is 30.5 Å². The van der Waals surface area contributed by atoms with Crippen molar-refractivity contribution in [1.82, 2.24) is 14.5 Å². The lowest BCUT2D eigenvalue weighted by molar-refractivity contribution is 0.00592. The molecule has 0 bridgehead atoms. The predicted octanol–water partition coefficient (Wildman–Crippen LogP) is 4.10. The van der Waals surface area contributed by atoms with Gasteiger partial charge in [-0.1, -0.05) is 24.0 Å². The zero-order valence-corrected chi connectivity index (χ0v) is 16.9. The van der Waals surface area contributed by atoms with Crippen molar-refractivity contribution >= 4 is 6.09 Å². The minimum Gasteiger partial charge on any atom is -0.444 e. The van der Waals surface area contributed by atoms with E-state index >= 15 is 0 Å². The van der Waals surface area contributed by atoms with Crippen molar-refractivity contribution in [2.24, 2.45) is 5.92 Å². The third-order valence-corrected chi connectivity index (χ3v) is 5.04. The van der Waals surface area contributed by atoms with Crippen LogP contribution in [0.25, 0.3) is 11.3 Å². The Morgan fingerprint density at radius 3 is 2.61 bits per heavy atom. The van der Waals surface area contributed by atoms with Gasteiger partial charge in [0.1, 0.15) is 11.4 Å². The summed E-state index contributed by atoms with van der Waals surface area (Å²) >= 11 is 0. The quantitative estimate of drug-likeness (QED) is 0.703. The van der Waals surface area contributed by atoms with E-state index < -0.39 is 5.60 Å². The Hall–Kier alpha value is -2.74. The summed E-state index contributed by atoms with van der Waals surface area (Å²) in [5.41, 5.74) is 2.71. The topological polar surface area (TPSA) is 47.4 Å². The van der Waals surface area contributed by atoms with Crippen molar-refractivity contribution in [3.63, 3.8) is 0 Å². The summed E-state index contributed by atoms with van der Waals surface area (Å²) in [6, 6.07) is 8.27. The molecular formula is C23H27N3O2. The van der Waals surface area contributed by atoms with Crippen molar-refractivity contribution < 1.29 is 9.53 Å². The van der Waals surface area contributed by atoms with Crippen LogP contribution in [0, 0.1) is 17.8 Å². The Labute approximate surface area is 166 Å². The molecule has 1 saturated heterocycles. The van der Waals surface area contributed by atoms with Crippen LogP contribution >= 0.6 is 0 Å². The molecule has 0 unspecified atom stereocenters. The van der Waals surface area contributed by atoms with E-state index in [2.05, 4.69) is 34.7 Å². The monoisotopic (exact) mass is 377 g/mol. The van der Waals surface area contributed by atoms with Crippen molar-refractivity contribution in [2.75, 3.05) is 13.1 Å². The van der Waals surface area contributed by atoms with E-state index in [1.807, 2.05) is 32.9 Å². The lowest BCUT2D eigenvalue weighted by Crippen LogP contribution is -2.51. The number of imidazole rings is 1. The van der Waals surface area contributed by atoms with Gasteiger partial charge in [-0.05, 0) is 45.7 Å². The maximum absolute atomic E-state index is 12.0. The highest BCUT2D eigenvalue weighted by Crippen LogP contribution is 2.23. The van der Waals surface area contributed by atoms with Crippen molar-refractivity contribution in [2.45, 2.75) is 52.2 Å². The maximum Gasteiger partial charge on any atom is 0.410 e. The standard InChI is InChI=1S/C23H27N3O2/c1-23(2,3)28-22(27)26-14-18(15-26)8-7-17-9-11-19(12-10-17)20-16-25-13-5-4-6-21(25)24-20/h9-12,16,18H,4-6,13-15H2,1-3H3. The largest absolute Gasteiger partial charge is 0.444 e. The number of nitrogens with zero attached hydrogens (tertiary/aromatic N) is 3. The summed E-state index contributed by atoms with van der Waals surface area (Å²) in [7, 11) is 0. The van der Waals surface area contributed by atoms with Crippen LogP contribution in [0.4, 0.5) is 4.79 Å². The summed E-state index contributed by atoms with van der Waals surface area (Å²) in [6.45, 7) is 7.99. The molecule has 3 heterocycles. The summed E-state index contributed by atoms with van der Waals surface area (Å²) in [6.07, 6.45) is 5.46. The Morgan fingerprint density at radius 1 is 1.18 bits per heavy atom. The number of likely N-dealkylation sites (tertiary alicyclic amines) is 1. The number of benzene rings is 1. The van der Waals surface area contributed by atoms with Crippen LogP contribution in [-0.2, 0) is 17.7 Å². The van der Waals surface area contributed by atoms with Gasteiger partial charge in [0.05, 0.1) is 11.6 Å². The predicted molar refractivity (Wildman–Crippen MR) is 109 cm³/mol. The third kappa shape index (κ3) is 4.22. The molecule has 2 aliphatic heterocycles. The van der Waals surface area contributed by atoms with Gasteiger partial charge in [-0.25, -0.2) is 9.78 Å². The van der Waals surface area contributed by atoms with Gasteiger partial charge in [0.2, 0.25) is 0 Å². The Morgan fingerprint density at radius 2 is 1.93 bits per heavy atom. The van der Waals surface area contributed by atoms with Crippen molar-refractivity contribution in [3.8, 4) is 23.1 Å². The minimum absolute atomic E-state index is 0.215. The first-order chi connectivity index (χ1) is 13.4. The number of amides is 1. The van der Waals surface area contributed by atoms with Gasteiger partial charge in [-0.2, -0.15) is 0 Å². The number of hydrogen-bond donors (Lipinski definition) is 0. The maximum atomic E-state index is 12.0. The number of carbonyl (C=O) groups is 1. The number of carbonyl (C=O) groups excluding carboxylic acids is 1. The van der Waals surface area contributed by atoms with Gasteiger partial charge < -0.3 is 14.2 Å². The van der Waals surface area contributed by atoms with Crippen LogP contribution in [0.5, 0.6) is 0 Å². The molecule has 0 aliphatic carbocycles. The normalized spacial score (nSPS) is 16.6. The lowest BCUT2D eigenvalue weighted by atomic mass is 10.0. The molecule has 28 heavy (non-hydrogen) atoms. The summed E-state index contributed by atoms with van der Waals surface area (Å²) in [5, 5.41) is 0. The average Bonchev–Trinajstić information content (AvgIpc) is 3.03. The molecule has 2 aromatic rings. The average molecular weight is 377 g/mol. The number of rotatable bonds is 1. The van der Waals surface area contributed by atoms with E-state index in [0.717, 1.165) is 29.8 Å². The third-order valence-electron chi connectivity index (χ3n) is 5.04. The van der Waals surface area contributed by atoms with Crippen LogP contribution in [0.2, 0.25) is 0 Å². The van der Waals surface area contributed by atoms with Crippen LogP contribution in [0.1, 0.15) is 45.0 Å². The first kappa shape index (κ1) is 18.6. The molecule has 1 fully saturated rings. The molecule has 1 aromatic carbocycles. The van der Waals surface area contributed by atoms with E-state index in [9.17, 15) is 4.79 Å². The van der Waals surface area contributed by atoms with Crippen molar-refractivity contribution in [1.29, 1.82) is 0 Å². The fraction of sp³-hybridized carbons (Fsp3) is 0.478. The summed E-state index contributed by atoms with van der Waals surface area (Å²) < 4.78 is 7.65. The number of hydrogen-bond acceptors (Lipinski definition) is 3. The second-order valence-corrected chi connectivity index (χ2v) is 8.62. The number of aromatic nitrogens is 2. The van der Waals surface area contributed by atoms with E-state index in [1.165, 1.54) is 18.7 Å². The SMILES string of the molecule is CC(C)(C)OC(=O)N1CC(C#Cc2ccc(-c3cn4c(n3)CCCC4)cc2)C1. The molecular weight excluding hydrogens is 350 g/mol. The summed E-state index contributed by atoms with van der Waals surface area (Å²) in [4.78, 5) is 18.4. The van der Waals surface area contributed by atoms with Crippen LogP contribution in [-0.4, -0.2) is 39.2 Å². The van der Waals surface area contributed by atoms with Gasteiger partial charge in [0.25, 0.3) is 0 Å². The molecule has 0 atom stereocenters. The number of fused-ring (bicyclic) bond motifs is 1. The first-order valence-electron chi connectivity index (χ1n) is 10.0. The number of ether oxygens (including phenoxy) is 1. The van der Waals surface area contributed by atoms with E-state index in [-0.39, 0.29) is 12.0 Å². The molecule has 1 amide bonds. The van der Waals surface area contributed by atoms with Gasteiger partial charge in [-0.3, -0.25) is 0 Å². The van der Waals surface area contributed by atoms with E-state index in [0.29, 0.717) is 13.1 Å². The molecule has 1 aromatic heterocycles. The minimum atomic E-state index is -0.454. The zero-order chi connectivity index (χ0) is 19.7. The molecule has 0 radical (unpaired) electrons. The molecule has 0 N–H and O–H groups in total. The van der Waals surface area contributed by atoms with Gasteiger partial charge in [0.15, 0.2) is 0 Å². The lowest BCUT2D eigenvalue weighted by Gasteiger charge is -2.37. The Balaban J connectivity index is 1.34.